The summed E-state index contributed by atoms with van der Waals surface area (Å²) in [7, 11) is 0. The molecular formula is C14H27N3O2. The number of aliphatic hydroxyl groups excluding tert-OH is 1. The zero-order valence-corrected chi connectivity index (χ0v) is 12.1. The lowest BCUT2D eigenvalue weighted by Crippen LogP contribution is -2.52. The molecule has 2 aliphatic heterocycles. The van der Waals surface area contributed by atoms with E-state index in [9.17, 15) is 9.90 Å². The number of carbonyl (C=O) groups is 1. The van der Waals surface area contributed by atoms with Gasteiger partial charge >= 0.3 is 6.03 Å². The molecule has 0 aromatic rings. The van der Waals surface area contributed by atoms with Crippen LogP contribution in [0.4, 0.5) is 4.79 Å². The number of piperidine rings is 2. The first-order chi connectivity index (χ1) is 9.06. The Kier molecular flexibility index (Phi) is 5.05. The Balaban J connectivity index is 1.72. The number of nitrogens with one attached hydrogen (secondary N) is 1. The van der Waals surface area contributed by atoms with Gasteiger partial charge in [-0.2, -0.15) is 0 Å². The second kappa shape index (κ2) is 6.57. The van der Waals surface area contributed by atoms with Gasteiger partial charge in [0.15, 0.2) is 0 Å². The predicted octanol–water partition coefficient (Wildman–Crippen LogP) is 1.03. The number of hydrogen-bond donors (Lipinski definition) is 2. The molecule has 2 heterocycles. The van der Waals surface area contributed by atoms with Crippen LogP contribution in [-0.4, -0.2) is 65.3 Å². The van der Waals surface area contributed by atoms with Gasteiger partial charge in [0.05, 0.1) is 6.10 Å². The molecule has 2 amide bonds. The third-order valence-corrected chi connectivity index (χ3v) is 4.34. The van der Waals surface area contributed by atoms with Crippen molar-refractivity contribution in [2.24, 2.45) is 0 Å². The molecule has 0 unspecified atom stereocenters. The number of nitrogens with zero attached hydrogens (tertiary/aromatic N) is 2. The lowest BCUT2D eigenvalue weighted by Gasteiger charge is -2.36. The molecule has 2 aliphatic rings. The van der Waals surface area contributed by atoms with Gasteiger partial charge < -0.3 is 20.2 Å². The van der Waals surface area contributed by atoms with Gasteiger partial charge in [-0.05, 0) is 39.5 Å². The Bertz CT molecular complexity index is 293. The maximum Gasteiger partial charge on any atom is 0.317 e. The zero-order valence-electron chi connectivity index (χ0n) is 12.1. The van der Waals surface area contributed by atoms with Crippen molar-refractivity contribution in [3.05, 3.63) is 0 Å². The second-order valence-corrected chi connectivity index (χ2v) is 6.07. The van der Waals surface area contributed by atoms with Crippen LogP contribution in [-0.2, 0) is 0 Å². The molecule has 0 aromatic carbocycles. The van der Waals surface area contributed by atoms with Gasteiger partial charge in [-0.15, -0.1) is 0 Å². The van der Waals surface area contributed by atoms with E-state index in [2.05, 4.69) is 24.1 Å². The number of rotatable bonds is 2. The van der Waals surface area contributed by atoms with Gasteiger partial charge in [-0.3, -0.25) is 0 Å². The summed E-state index contributed by atoms with van der Waals surface area (Å²) in [5.74, 6) is 0. The molecule has 0 spiro atoms. The molecule has 110 valence electrons. The largest absolute Gasteiger partial charge is 0.393 e. The Labute approximate surface area is 115 Å². The minimum absolute atomic E-state index is 0.0508. The summed E-state index contributed by atoms with van der Waals surface area (Å²) >= 11 is 0. The van der Waals surface area contributed by atoms with Crippen LogP contribution in [0.1, 0.15) is 39.5 Å². The summed E-state index contributed by atoms with van der Waals surface area (Å²) < 4.78 is 0. The molecule has 0 aromatic heterocycles. The first-order valence-corrected chi connectivity index (χ1v) is 7.54. The summed E-state index contributed by atoms with van der Waals surface area (Å²) in [6.45, 7) is 7.94. The molecule has 0 saturated carbocycles. The van der Waals surface area contributed by atoms with Gasteiger partial charge in [-0.25, -0.2) is 4.79 Å². The van der Waals surface area contributed by atoms with Gasteiger partial charge in [0, 0.05) is 38.3 Å². The molecular weight excluding hydrogens is 242 g/mol. The Morgan fingerprint density at radius 3 is 2.21 bits per heavy atom. The molecule has 0 bridgehead atoms. The fraction of sp³-hybridized carbons (Fsp3) is 0.929. The molecule has 2 fully saturated rings. The average Bonchev–Trinajstić information content (AvgIpc) is 2.40. The number of carbonyl (C=O) groups excluding carboxylic acids is 1. The molecule has 2 saturated heterocycles. The number of aliphatic hydroxyl groups is 1. The first-order valence-electron chi connectivity index (χ1n) is 7.54. The molecule has 0 aliphatic carbocycles. The summed E-state index contributed by atoms with van der Waals surface area (Å²) in [6, 6.07) is 0.962. The van der Waals surface area contributed by atoms with E-state index < -0.39 is 0 Å². The van der Waals surface area contributed by atoms with Crippen LogP contribution in [0.3, 0.4) is 0 Å². The van der Waals surface area contributed by atoms with E-state index in [1.807, 2.05) is 4.90 Å². The van der Waals surface area contributed by atoms with Crippen molar-refractivity contribution in [1.29, 1.82) is 0 Å². The fourth-order valence-corrected chi connectivity index (χ4v) is 2.90. The van der Waals surface area contributed by atoms with Crippen molar-refractivity contribution in [3.63, 3.8) is 0 Å². The molecule has 5 heteroatoms. The van der Waals surface area contributed by atoms with Crippen molar-refractivity contribution >= 4 is 6.03 Å². The normalized spacial score (nSPS) is 23.9. The van der Waals surface area contributed by atoms with E-state index in [1.165, 1.54) is 0 Å². The highest BCUT2D eigenvalue weighted by Gasteiger charge is 2.25. The Morgan fingerprint density at radius 1 is 1.11 bits per heavy atom. The quantitative estimate of drug-likeness (QED) is 0.787. The van der Waals surface area contributed by atoms with Crippen molar-refractivity contribution in [2.45, 2.75) is 57.7 Å². The maximum atomic E-state index is 12.1. The molecule has 2 rings (SSSR count). The van der Waals surface area contributed by atoms with E-state index in [1.54, 1.807) is 0 Å². The van der Waals surface area contributed by atoms with Crippen LogP contribution in [0.5, 0.6) is 0 Å². The van der Waals surface area contributed by atoms with Crippen LogP contribution in [0.25, 0.3) is 0 Å². The first kappa shape index (κ1) is 14.6. The van der Waals surface area contributed by atoms with Crippen molar-refractivity contribution < 1.29 is 9.90 Å². The van der Waals surface area contributed by atoms with E-state index in [0.717, 1.165) is 25.9 Å². The number of amides is 2. The zero-order chi connectivity index (χ0) is 13.8. The minimum atomic E-state index is -0.224. The van der Waals surface area contributed by atoms with E-state index in [4.69, 9.17) is 0 Å². The lowest BCUT2D eigenvalue weighted by molar-refractivity contribution is 0.0908. The van der Waals surface area contributed by atoms with E-state index in [0.29, 0.717) is 38.0 Å². The number of urea groups is 1. The minimum Gasteiger partial charge on any atom is -0.393 e. The van der Waals surface area contributed by atoms with Crippen molar-refractivity contribution in [2.75, 3.05) is 26.2 Å². The predicted molar refractivity (Wildman–Crippen MR) is 75.1 cm³/mol. The van der Waals surface area contributed by atoms with Crippen LogP contribution in [0, 0.1) is 0 Å². The summed E-state index contributed by atoms with van der Waals surface area (Å²) in [6.07, 6.45) is 3.28. The Hall–Kier alpha value is -0.810. The Morgan fingerprint density at radius 2 is 1.68 bits per heavy atom. The SMILES string of the molecule is CC(C)N1CCC(NC(=O)N2CCC(O)CC2)CC1. The molecule has 19 heavy (non-hydrogen) atoms. The molecule has 0 radical (unpaired) electrons. The third-order valence-electron chi connectivity index (χ3n) is 4.34. The highest BCUT2D eigenvalue weighted by atomic mass is 16.3. The third kappa shape index (κ3) is 4.08. The highest BCUT2D eigenvalue weighted by molar-refractivity contribution is 5.74. The van der Waals surface area contributed by atoms with Gasteiger partial charge in [0.25, 0.3) is 0 Å². The van der Waals surface area contributed by atoms with Gasteiger partial charge in [-0.1, -0.05) is 0 Å². The highest BCUT2D eigenvalue weighted by Crippen LogP contribution is 2.14. The van der Waals surface area contributed by atoms with Crippen molar-refractivity contribution in [3.8, 4) is 0 Å². The summed E-state index contributed by atoms with van der Waals surface area (Å²) in [5.41, 5.74) is 0. The number of hydrogen-bond acceptors (Lipinski definition) is 3. The fourth-order valence-electron chi connectivity index (χ4n) is 2.90. The average molecular weight is 269 g/mol. The lowest BCUT2D eigenvalue weighted by atomic mass is 10.0. The van der Waals surface area contributed by atoms with E-state index >= 15 is 0 Å². The van der Waals surface area contributed by atoms with Gasteiger partial charge in [0.2, 0.25) is 0 Å². The molecule has 5 nitrogen and oxygen atoms in total. The van der Waals surface area contributed by atoms with Gasteiger partial charge in [0.1, 0.15) is 0 Å². The topological polar surface area (TPSA) is 55.8 Å². The van der Waals surface area contributed by atoms with Crippen LogP contribution < -0.4 is 5.32 Å². The molecule has 2 N–H and O–H groups in total. The van der Waals surface area contributed by atoms with Crippen LogP contribution in [0.2, 0.25) is 0 Å². The summed E-state index contributed by atoms with van der Waals surface area (Å²) in [5, 5.41) is 12.6. The maximum absolute atomic E-state index is 12.1. The smallest absolute Gasteiger partial charge is 0.317 e. The monoisotopic (exact) mass is 269 g/mol. The number of likely N-dealkylation sites (tertiary alicyclic amines) is 2. The van der Waals surface area contributed by atoms with E-state index in [-0.39, 0.29) is 12.1 Å². The van der Waals surface area contributed by atoms with Crippen LogP contribution >= 0.6 is 0 Å². The molecule has 0 atom stereocenters. The standard InChI is InChI=1S/C14H27N3O2/c1-11(2)16-7-3-12(4-8-16)15-14(19)17-9-5-13(18)6-10-17/h11-13,18H,3-10H2,1-2H3,(H,15,19). The van der Waals surface area contributed by atoms with Crippen LogP contribution in [0.15, 0.2) is 0 Å². The van der Waals surface area contributed by atoms with Crippen molar-refractivity contribution in [1.82, 2.24) is 15.1 Å². The summed E-state index contributed by atoms with van der Waals surface area (Å²) in [4.78, 5) is 16.4. The second-order valence-electron chi connectivity index (χ2n) is 6.07.